The van der Waals surface area contributed by atoms with Crippen molar-refractivity contribution >= 4 is 10.9 Å². The second-order valence-electron chi connectivity index (χ2n) is 6.59. The molecule has 1 heterocycles. The molecule has 2 aliphatic rings. The Hall–Kier alpha value is -1.92. The highest BCUT2D eigenvalue weighted by Gasteiger charge is 2.55. The van der Waals surface area contributed by atoms with Crippen LogP contribution < -0.4 is 0 Å². The van der Waals surface area contributed by atoms with Crippen molar-refractivity contribution in [2.45, 2.75) is 31.8 Å². The van der Waals surface area contributed by atoms with Crippen LogP contribution in [0.2, 0.25) is 0 Å². The third-order valence-electron chi connectivity index (χ3n) is 5.54. The molecular weight excluding hydrogens is 260 g/mol. The molecule has 0 aliphatic heterocycles. The van der Waals surface area contributed by atoms with Crippen LogP contribution in [-0.4, -0.2) is 10.1 Å². The van der Waals surface area contributed by atoms with Crippen molar-refractivity contribution in [1.82, 2.24) is 4.98 Å². The molecule has 1 N–H and O–H groups in total. The van der Waals surface area contributed by atoms with Crippen LogP contribution in [0.15, 0.2) is 36.5 Å². The zero-order valence-corrected chi connectivity index (χ0v) is 11.9. The van der Waals surface area contributed by atoms with E-state index in [9.17, 15) is 10.4 Å². The number of aliphatic hydroxyl groups excluding tert-OH is 1. The third-order valence-corrected chi connectivity index (χ3v) is 5.54. The normalized spacial score (nSPS) is 32.2. The molecule has 2 aromatic rings. The van der Waals surface area contributed by atoms with Crippen LogP contribution in [0.25, 0.3) is 10.9 Å². The first kappa shape index (κ1) is 12.8. The van der Waals surface area contributed by atoms with E-state index in [1.807, 2.05) is 30.3 Å². The van der Waals surface area contributed by atoms with Crippen LogP contribution in [-0.2, 0) is 0 Å². The molecule has 2 saturated carbocycles. The number of pyridine rings is 1. The maximum atomic E-state index is 10.9. The van der Waals surface area contributed by atoms with E-state index in [-0.39, 0.29) is 0 Å². The molecule has 4 atom stereocenters. The number of hydrogen-bond donors (Lipinski definition) is 1. The standard InChI is InChI=1S/C18H18N2O/c19-11-18(10-12-3-5-15(18)8-12)17(21)14-4-6-16-13(9-14)2-1-7-20-16/h1-2,4,6-7,9,12,15,17,21H,3,5,8,10H2. The van der Waals surface area contributed by atoms with E-state index >= 15 is 0 Å². The molecule has 0 radical (unpaired) electrons. The Morgan fingerprint density at radius 3 is 2.95 bits per heavy atom. The molecule has 4 unspecified atom stereocenters. The number of benzene rings is 1. The number of aromatic nitrogens is 1. The summed E-state index contributed by atoms with van der Waals surface area (Å²) in [4.78, 5) is 4.31. The molecule has 0 saturated heterocycles. The zero-order chi connectivity index (χ0) is 14.4. The molecule has 4 rings (SSSR count). The summed E-state index contributed by atoms with van der Waals surface area (Å²) >= 11 is 0. The summed E-state index contributed by atoms with van der Waals surface area (Å²) in [6, 6.07) is 12.2. The van der Waals surface area contributed by atoms with Crippen molar-refractivity contribution in [2.24, 2.45) is 17.3 Å². The Morgan fingerprint density at radius 1 is 1.33 bits per heavy atom. The molecule has 2 fully saturated rings. The molecule has 21 heavy (non-hydrogen) atoms. The molecule has 3 heteroatoms. The smallest absolute Gasteiger partial charge is 0.0979 e. The lowest BCUT2D eigenvalue weighted by atomic mass is 9.68. The van der Waals surface area contributed by atoms with Crippen LogP contribution in [0.5, 0.6) is 0 Å². The van der Waals surface area contributed by atoms with Crippen molar-refractivity contribution < 1.29 is 5.11 Å². The summed E-state index contributed by atoms with van der Waals surface area (Å²) in [7, 11) is 0. The predicted octanol–water partition coefficient (Wildman–Crippen LogP) is 3.60. The quantitative estimate of drug-likeness (QED) is 0.913. The molecule has 0 amide bonds. The van der Waals surface area contributed by atoms with Crippen LogP contribution in [0.4, 0.5) is 0 Å². The lowest BCUT2D eigenvalue weighted by Gasteiger charge is -2.35. The van der Waals surface area contributed by atoms with E-state index in [0.717, 1.165) is 35.7 Å². The number of rotatable bonds is 2. The average molecular weight is 278 g/mol. The minimum atomic E-state index is -0.692. The predicted molar refractivity (Wildman–Crippen MR) is 80.2 cm³/mol. The third kappa shape index (κ3) is 1.79. The van der Waals surface area contributed by atoms with Crippen LogP contribution >= 0.6 is 0 Å². The number of fused-ring (bicyclic) bond motifs is 3. The van der Waals surface area contributed by atoms with Crippen molar-refractivity contribution in [3.05, 3.63) is 42.1 Å². The zero-order valence-electron chi connectivity index (χ0n) is 11.9. The Morgan fingerprint density at radius 2 is 2.24 bits per heavy atom. The Kier molecular flexibility index (Phi) is 2.77. The second kappa shape index (κ2) is 4.54. The molecular formula is C18H18N2O. The molecule has 1 aromatic heterocycles. The fourth-order valence-corrected chi connectivity index (χ4v) is 4.47. The van der Waals surface area contributed by atoms with Gasteiger partial charge in [0, 0.05) is 11.6 Å². The van der Waals surface area contributed by atoms with E-state index in [2.05, 4.69) is 11.1 Å². The van der Waals surface area contributed by atoms with Crippen LogP contribution in [0.1, 0.15) is 37.4 Å². The number of nitriles is 1. The second-order valence-corrected chi connectivity index (χ2v) is 6.59. The van der Waals surface area contributed by atoms with Gasteiger partial charge in [-0.25, -0.2) is 0 Å². The Balaban J connectivity index is 1.75. The topological polar surface area (TPSA) is 56.9 Å². The SMILES string of the molecule is N#CC1(C(O)c2ccc3ncccc3c2)CC2CCC1C2. The average Bonchev–Trinajstić information content (AvgIpc) is 3.15. The van der Waals surface area contributed by atoms with Crippen LogP contribution in [0, 0.1) is 28.6 Å². The van der Waals surface area contributed by atoms with Gasteiger partial charge in [-0.2, -0.15) is 5.26 Å². The van der Waals surface area contributed by atoms with Crippen molar-refractivity contribution in [1.29, 1.82) is 5.26 Å². The summed E-state index contributed by atoms with van der Waals surface area (Å²) in [5, 5.41) is 21.7. The molecule has 3 nitrogen and oxygen atoms in total. The van der Waals surface area contributed by atoms with Gasteiger partial charge in [0.05, 0.1) is 23.1 Å². The van der Waals surface area contributed by atoms with Crippen LogP contribution in [0.3, 0.4) is 0 Å². The Bertz CT molecular complexity index is 735. The summed E-state index contributed by atoms with van der Waals surface area (Å²) in [5.74, 6) is 0.985. The Labute approximate surface area is 124 Å². The highest BCUT2D eigenvalue weighted by atomic mass is 16.3. The molecule has 1 aromatic carbocycles. The first-order valence-corrected chi connectivity index (χ1v) is 7.67. The lowest BCUT2D eigenvalue weighted by molar-refractivity contribution is 0.0234. The van der Waals surface area contributed by atoms with Gasteiger partial charge in [0.1, 0.15) is 0 Å². The maximum absolute atomic E-state index is 10.9. The van der Waals surface area contributed by atoms with E-state index in [1.54, 1.807) is 6.20 Å². The number of aliphatic hydroxyl groups is 1. The highest BCUT2D eigenvalue weighted by Crippen LogP contribution is 2.60. The molecule has 2 bridgehead atoms. The number of nitrogens with zero attached hydrogens (tertiary/aromatic N) is 2. The number of hydrogen-bond acceptors (Lipinski definition) is 3. The fourth-order valence-electron chi connectivity index (χ4n) is 4.47. The molecule has 106 valence electrons. The van der Waals surface area contributed by atoms with E-state index in [1.165, 1.54) is 6.42 Å². The van der Waals surface area contributed by atoms with Gasteiger partial charge in [0.2, 0.25) is 0 Å². The van der Waals surface area contributed by atoms with Gasteiger partial charge < -0.3 is 5.11 Å². The van der Waals surface area contributed by atoms with Gasteiger partial charge in [-0.15, -0.1) is 0 Å². The maximum Gasteiger partial charge on any atom is 0.0979 e. The van der Waals surface area contributed by atoms with Gasteiger partial charge in [0.15, 0.2) is 0 Å². The summed E-state index contributed by atoms with van der Waals surface area (Å²) in [6.07, 6.45) is 5.35. The van der Waals surface area contributed by atoms with Gasteiger partial charge in [-0.1, -0.05) is 18.6 Å². The van der Waals surface area contributed by atoms with E-state index < -0.39 is 11.5 Å². The van der Waals surface area contributed by atoms with E-state index in [0.29, 0.717) is 11.8 Å². The lowest BCUT2D eigenvalue weighted by Crippen LogP contribution is -2.33. The van der Waals surface area contributed by atoms with Crippen molar-refractivity contribution in [3.8, 4) is 6.07 Å². The molecule has 2 aliphatic carbocycles. The first-order valence-electron chi connectivity index (χ1n) is 7.67. The van der Waals surface area contributed by atoms with Gasteiger partial charge in [-0.05, 0) is 54.9 Å². The van der Waals surface area contributed by atoms with Gasteiger partial charge in [0.25, 0.3) is 0 Å². The highest BCUT2D eigenvalue weighted by molar-refractivity contribution is 5.79. The summed E-state index contributed by atoms with van der Waals surface area (Å²) in [5.41, 5.74) is 1.19. The monoisotopic (exact) mass is 278 g/mol. The van der Waals surface area contributed by atoms with Crippen molar-refractivity contribution in [3.63, 3.8) is 0 Å². The fraction of sp³-hybridized carbons (Fsp3) is 0.444. The van der Waals surface area contributed by atoms with Crippen molar-refractivity contribution in [2.75, 3.05) is 0 Å². The minimum absolute atomic E-state index is 0.354. The largest absolute Gasteiger partial charge is 0.387 e. The van der Waals surface area contributed by atoms with Gasteiger partial charge in [-0.3, -0.25) is 4.98 Å². The summed E-state index contributed by atoms with van der Waals surface area (Å²) < 4.78 is 0. The van der Waals surface area contributed by atoms with E-state index in [4.69, 9.17) is 0 Å². The molecule has 0 spiro atoms. The first-order chi connectivity index (χ1) is 10.2. The summed E-state index contributed by atoms with van der Waals surface area (Å²) in [6.45, 7) is 0. The minimum Gasteiger partial charge on any atom is -0.387 e. The van der Waals surface area contributed by atoms with Gasteiger partial charge >= 0.3 is 0 Å².